The molecule has 0 bridgehead atoms. The molecule has 1 atom stereocenters. The predicted molar refractivity (Wildman–Crippen MR) is 110 cm³/mol. The number of aromatic nitrogens is 2. The van der Waals surface area contributed by atoms with Crippen LogP contribution in [0.3, 0.4) is 0 Å². The highest BCUT2D eigenvalue weighted by Crippen LogP contribution is 2.36. The number of methoxy groups -OCH3 is 1. The molecule has 0 spiro atoms. The molecule has 2 heterocycles. The van der Waals surface area contributed by atoms with Crippen molar-refractivity contribution in [3.05, 3.63) is 50.1 Å². The highest BCUT2D eigenvalue weighted by atomic mass is 35.5. The number of ether oxygens (including phenoxy) is 1. The Morgan fingerprint density at radius 2 is 2.07 bits per heavy atom. The molecule has 0 aliphatic heterocycles. The highest BCUT2D eigenvalue weighted by Gasteiger charge is 2.25. The number of thiophene rings is 1. The Morgan fingerprint density at radius 3 is 2.78 bits per heavy atom. The number of halogens is 1. The molecule has 0 saturated carbocycles. The lowest BCUT2D eigenvalue weighted by Crippen LogP contribution is -2.24. The lowest BCUT2D eigenvalue weighted by Gasteiger charge is -2.15. The van der Waals surface area contributed by atoms with Crippen molar-refractivity contribution in [2.45, 2.75) is 36.6 Å². The van der Waals surface area contributed by atoms with Crippen molar-refractivity contribution < 1.29 is 9.53 Å². The number of rotatable bonds is 4. The van der Waals surface area contributed by atoms with E-state index in [9.17, 15) is 9.59 Å². The van der Waals surface area contributed by atoms with Crippen LogP contribution >= 0.6 is 34.7 Å². The van der Waals surface area contributed by atoms with Crippen LogP contribution in [0.15, 0.2) is 34.2 Å². The van der Waals surface area contributed by atoms with Gasteiger partial charge >= 0.3 is 5.97 Å². The summed E-state index contributed by atoms with van der Waals surface area (Å²) in [5.74, 6) is -0.356. The fourth-order valence-corrected chi connectivity index (χ4v) is 5.68. The lowest BCUT2D eigenvalue weighted by molar-refractivity contribution is -0.139. The van der Waals surface area contributed by atoms with Gasteiger partial charge in [0.25, 0.3) is 5.56 Å². The minimum Gasteiger partial charge on any atom is -0.468 e. The number of thioether (sulfide) groups is 1. The van der Waals surface area contributed by atoms with Crippen molar-refractivity contribution in [2.24, 2.45) is 0 Å². The van der Waals surface area contributed by atoms with Crippen LogP contribution in [0.4, 0.5) is 0 Å². The molecule has 27 heavy (non-hydrogen) atoms. The van der Waals surface area contributed by atoms with Gasteiger partial charge in [0.15, 0.2) is 5.16 Å². The van der Waals surface area contributed by atoms with Crippen molar-refractivity contribution in [2.75, 3.05) is 7.11 Å². The molecule has 140 valence electrons. The molecule has 0 N–H and O–H groups in total. The minimum atomic E-state index is -0.482. The Labute approximate surface area is 169 Å². The van der Waals surface area contributed by atoms with Gasteiger partial charge < -0.3 is 4.74 Å². The molecule has 0 saturated heterocycles. The molecule has 0 fully saturated rings. The van der Waals surface area contributed by atoms with Gasteiger partial charge in [-0.3, -0.25) is 14.2 Å². The van der Waals surface area contributed by atoms with Crippen LogP contribution in [0.2, 0.25) is 5.02 Å². The molecule has 1 aromatic carbocycles. The van der Waals surface area contributed by atoms with Crippen LogP contribution in [0.5, 0.6) is 0 Å². The summed E-state index contributed by atoms with van der Waals surface area (Å²) in [4.78, 5) is 32.1. The van der Waals surface area contributed by atoms with E-state index in [2.05, 4.69) is 0 Å². The predicted octanol–water partition coefficient (Wildman–Crippen LogP) is 4.24. The molecule has 4 rings (SSSR count). The number of nitrogens with zero attached hydrogens (tertiary/aromatic N) is 2. The molecule has 0 unspecified atom stereocenters. The average molecular weight is 421 g/mol. The summed E-state index contributed by atoms with van der Waals surface area (Å²) in [6.07, 6.45) is 2.99. The normalized spacial score (nSPS) is 14.3. The van der Waals surface area contributed by atoms with Gasteiger partial charge in [-0.2, -0.15) is 0 Å². The number of esters is 1. The summed E-state index contributed by atoms with van der Waals surface area (Å²) >= 11 is 8.82. The van der Waals surface area contributed by atoms with Gasteiger partial charge in [0, 0.05) is 9.90 Å². The standard InChI is InChI=1S/C19H17ClN2O3S2/c1-10(18(24)25-2)26-19-21-16-15(13-4-3-5-14(13)27-16)17(23)22(19)12-8-6-11(20)7-9-12/h6-10H,3-5H2,1-2H3/t10-/m0/s1. The molecular formula is C19H17ClN2O3S2. The monoisotopic (exact) mass is 420 g/mol. The fraction of sp³-hybridized carbons (Fsp3) is 0.316. The Bertz CT molecular complexity index is 1090. The Morgan fingerprint density at radius 1 is 1.33 bits per heavy atom. The lowest BCUT2D eigenvalue weighted by atomic mass is 10.2. The first-order valence-corrected chi connectivity index (χ1v) is 10.6. The number of carbonyl (C=O) groups excluding carboxylic acids is 1. The Kier molecular flexibility index (Phi) is 5.01. The van der Waals surface area contributed by atoms with Crippen molar-refractivity contribution >= 4 is 50.9 Å². The molecular weight excluding hydrogens is 404 g/mol. The highest BCUT2D eigenvalue weighted by molar-refractivity contribution is 8.00. The van der Waals surface area contributed by atoms with Gasteiger partial charge in [0.05, 0.1) is 18.2 Å². The Balaban J connectivity index is 1.94. The summed E-state index contributed by atoms with van der Waals surface area (Å²) in [5.41, 5.74) is 1.71. The van der Waals surface area contributed by atoms with Crippen LogP contribution in [0, 0.1) is 0 Å². The third-order valence-corrected chi connectivity index (χ3v) is 7.08. The SMILES string of the molecule is COC(=O)[C@H](C)Sc1nc2sc3c(c2c(=O)n1-c1ccc(Cl)cc1)CCC3. The van der Waals surface area contributed by atoms with E-state index in [0.29, 0.717) is 21.3 Å². The summed E-state index contributed by atoms with van der Waals surface area (Å²) in [7, 11) is 1.35. The molecule has 1 aliphatic rings. The smallest absolute Gasteiger partial charge is 0.318 e. The van der Waals surface area contributed by atoms with E-state index in [0.717, 1.165) is 29.7 Å². The zero-order valence-corrected chi connectivity index (χ0v) is 17.2. The number of carbonyl (C=O) groups is 1. The molecule has 2 aromatic heterocycles. The molecule has 1 aliphatic carbocycles. The average Bonchev–Trinajstić information content (AvgIpc) is 3.23. The van der Waals surface area contributed by atoms with E-state index >= 15 is 0 Å². The number of hydrogen-bond donors (Lipinski definition) is 0. The zero-order valence-electron chi connectivity index (χ0n) is 14.8. The van der Waals surface area contributed by atoms with Crippen LogP contribution in [-0.2, 0) is 22.4 Å². The quantitative estimate of drug-likeness (QED) is 0.359. The van der Waals surface area contributed by atoms with Gasteiger partial charge in [-0.25, -0.2) is 4.98 Å². The number of benzene rings is 1. The zero-order chi connectivity index (χ0) is 19.1. The van der Waals surface area contributed by atoms with E-state index in [1.165, 1.54) is 23.7 Å². The topological polar surface area (TPSA) is 61.2 Å². The third kappa shape index (κ3) is 3.28. The molecule has 5 nitrogen and oxygen atoms in total. The first-order chi connectivity index (χ1) is 13.0. The molecule has 0 amide bonds. The van der Waals surface area contributed by atoms with Crippen molar-refractivity contribution in [1.82, 2.24) is 9.55 Å². The maximum Gasteiger partial charge on any atom is 0.318 e. The van der Waals surface area contributed by atoms with Gasteiger partial charge in [-0.1, -0.05) is 23.4 Å². The number of fused-ring (bicyclic) bond motifs is 3. The van der Waals surface area contributed by atoms with Gasteiger partial charge in [-0.15, -0.1) is 11.3 Å². The molecule has 8 heteroatoms. The largest absolute Gasteiger partial charge is 0.468 e. The van der Waals surface area contributed by atoms with Crippen LogP contribution < -0.4 is 5.56 Å². The van der Waals surface area contributed by atoms with Crippen LogP contribution in [0.25, 0.3) is 15.9 Å². The maximum atomic E-state index is 13.4. The summed E-state index contributed by atoms with van der Waals surface area (Å²) in [6, 6.07) is 7.06. The van der Waals surface area contributed by atoms with E-state index in [1.54, 1.807) is 47.1 Å². The number of hydrogen-bond acceptors (Lipinski definition) is 6. The fourth-order valence-electron chi connectivity index (χ4n) is 3.29. The summed E-state index contributed by atoms with van der Waals surface area (Å²) in [5, 5.41) is 1.30. The minimum absolute atomic E-state index is 0.0960. The summed E-state index contributed by atoms with van der Waals surface area (Å²) in [6.45, 7) is 1.74. The second-order valence-corrected chi connectivity index (χ2v) is 9.16. The van der Waals surface area contributed by atoms with E-state index in [1.807, 2.05) is 0 Å². The van der Waals surface area contributed by atoms with Crippen molar-refractivity contribution in [1.29, 1.82) is 0 Å². The van der Waals surface area contributed by atoms with Gasteiger partial charge in [0.2, 0.25) is 0 Å². The van der Waals surface area contributed by atoms with E-state index in [-0.39, 0.29) is 11.5 Å². The van der Waals surface area contributed by atoms with E-state index in [4.69, 9.17) is 21.3 Å². The van der Waals surface area contributed by atoms with Gasteiger partial charge in [0.1, 0.15) is 10.1 Å². The van der Waals surface area contributed by atoms with Crippen molar-refractivity contribution in [3.63, 3.8) is 0 Å². The molecule has 0 radical (unpaired) electrons. The second kappa shape index (κ2) is 7.30. The Hall–Kier alpha value is -1.83. The first kappa shape index (κ1) is 18.5. The van der Waals surface area contributed by atoms with E-state index < -0.39 is 5.25 Å². The first-order valence-electron chi connectivity index (χ1n) is 8.57. The summed E-state index contributed by atoms with van der Waals surface area (Å²) < 4.78 is 6.40. The van der Waals surface area contributed by atoms with Crippen LogP contribution in [0.1, 0.15) is 23.8 Å². The van der Waals surface area contributed by atoms with Gasteiger partial charge in [-0.05, 0) is 56.0 Å². The number of aryl methyl sites for hydroxylation is 2. The maximum absolute atomic E-state index is 13.4. The molecule has 3 aromatic rings. The van der Waals surface area contributed by atoms with Crippen LogP contribution in [-0.4, -0.2) is 27.9 Å². The third-order valence-electron chi connectivity index (χ3n) is 4.61. The second-order valence-electron chi connectivity index (χ2n) is 6.33. The van der Waals surface area contributed by atoms with Crippen molar-refractivity contribution in [3.8, 4) is 5.69 Å².